The van der Waals surface area contributed by atoms with Crippen LogP contribution in [0, 0.1) is 11.8 Å². The van der Waals surface area contributed by atoms with Gasteiger partial charge < -0.3 is 25.1 Å². The van der Waals surface area contributed by atoms with Crippen molar-refractivity contribution >= 4 is 56.1 Å². The minimum atomic E-state index is -4.57. The van der Waals surface area contributed by atoms with Gasteiger partial charge in [-0.05, 0) is 46.0 Å². The number of thiocarbonyl (C=S) groups is 1. The summed E-state index contributed by atoms with van der Waals surface area (Å²) in [6, 6.07) is -1.14. The third kappa shape index (κ3) is 16.3. The van der Waals surface area contributed by atoms with Crippen LogP contribution in [0.15, 0.2) is 0 Å². The van der Waals surface area contributed by atoms with E-state index < -0.39 is 56.4 Å². The van der Waals surface area contributed by atoms with Gasteiger partial charge in [-0.1, -0.05) is 90.3 Å². The highest BCUT2D eigenvalue weighted by Crippen LogP contribution is 2.33. The zero-order chi connectivity index (χ0) is 31.1. The van der Waals surface area contributed by atoms with E-state index >= 15 is 0 Å². The molecule has 0 aromatic carbocycles. The zero-order valence-corrected chi connectivity index (χ0v) is 27.7. The Bertz CT molecular complexity index is 950. The summed E-state index contributed by atoms with van der Waals surface area (Å²) in [5.74, 6) is -3.57. The van der Waals surface area contributed by atoms with Crippen LogP contribution in [-0.4, -0.2) is 57.5 Å². The summed E-state index contributed by atoms with van der Waals surface area (Å²) >= 11 is 6.94. The van der Waals surface area contributed by atoms with E-state index in [-0.39, 0.29) is 18.8 Å². The molecule has 0 aromatic rings. The van der Waals surface area contributed by atoms with Crippen molar-refractivity contribution in [2.24, 2.45) is 11.8 Å². The van der Waals surface area contributed by atoms with Crippen molar-refractivity contribution in [1.82, 2.24) is 10.6 Å². The van der Waals surface area contributed by atoms with Crippen molar-refractivity contribution in [1.29, 1.82) is 0 Å². The van der Waals surface area contributed by atoms with Crippen LogP contribution in [0.4, 0.5) is 0 Å². The van der Waals surface area contributed by atoms with Crippen molar-refractivity contribution < 1.29 is 32.5 Å². The van der Waals surface area contributed by atoms with Gasteiger partial charge in [0.2, 0.25) is 11.8 Å². The lowest BCUT2D eigenvalue weighted by atomic mass is 9.91. The average molecular weight is 635 g/mol. The van der Waals surface area contributed by atoms with Gasteiger partial charge in [0.05, 0.1) is 37.3 Å². The monoisotopic (exact) mass is 634 g/mol. The first-order chi connectivity index (χ1) is 19.2. The Kier molecular flexibility index (Phi) is 17.6. The molecule has 0 aliphatic heterocycles. The number of amides is 2. The lowest BCUT2D eigenvalue weighted by molar-refractivity contribution is -0.308. The van der Waals surface area contributed by atoms with E-state index in [1.165, 1.54) is 32.0 Å². The average Bonchev–Trinajstić information content (AvgIpc) is 2.88. The van der Waals surface area contributed by atoms with Gasteiger partial charge in [-0.3, -0.25) is 9.59 Å². The predicted octanol–water partition coefficient (Wildman–Crippen LogP) is 4.23. The van der Waals surface area contributed by atoms with Crippen LogP contribution >= 0.6 is 24.0 Å². The summed E-state index contributed by atoms with van der Waals surface area (Å²) in [5, 5.41) is 16.4. The Morgan fingerprint density at radius 1 is 0.976 bits per heavy atom. The molecule has 1 aliphatic rings. The van der Waals surface area contributed by atoms with E-state index in [0.29, 0.717) is 17.0 Å². The number of hydrogen-bond donors (Lipinski definition) is 2. The molecule has 0 saturated heterocycles. The lowest BCUT2D eigenvalue weighted by Crippen LogP contribution is -2.52. The summed E-state index contributed by atoms with van der Waals surface area (Å²) in [5.41, 5.74) is -1.29. The maximum Gasteiger partial charge on any atom is 0.234 e. The van der Waals surface area contributed by atoms with Crippen LogP contribution < -0.4 is 15.7 Å². The maximum atomic E-state index is 13.5. The second-order valence-electron chi connectivity index (χ2n) is 12.0. The number of nitrogens with one attached hydrogen (secondary N) is 2. The molecule has 0 spiro atoms. The van der Waals surface area contributed by atoms with E-state index in [1.54, 1.807) is 6.92 Å². The minimum absolute atomic E-state index is 0.0864. The first-order valence-electron chi connectivity index (χ1n) is 15.2. The predicted molar refractivity (Wildman–Crippen MR) is 165 cm³/mol. The Hall–Kier alpha value is -1.24. The van der Waals surface area contributed by atoms with Crippen molar-refractivity contribution in [3.05, 3.63) is 0 Å². The molecule has 0 heterocycles. The molecule has 2 amide bonds. The Balaban J connectivity index is 2.97. The molecule has 1 fully saturated rings. The molecule has 2 N–H and O–H groups in total. The number of thioether (sulfide) groups is 1. The number of aliphatic carboxylic acids is 1. The van der Waals surface area contributed by atoms with Crippen LogP contribution in [0.5, 0.6) is 0 Å². The molecule has 3 unspecified atom stereocenters. The third-order valence-corrected chi connectivity index (χ3v) is 10.5. The number of carbonyl (C=O) groups is 3. The van der Waals surface area contributed by atoms with Crippen LogP contribution in [-0.2, 0) is 24.5 Å². The number of hydrogen-bond acceptors (Lipinski definition) is 9. The van der Waals surface area contributed by atoms with E-state index in [4.69, 9.17) is 12.2 Å². The highest BCUT2D eigenvalue weighted by molar-refractivity contribution is 8.23. The highest BCUT2D eigenvalue weighted by Gasteiger charge is 2.33. The molecule has 1 saturated carbocycles. The van der Waals surface area contributed by atoms with Gasteiger partial charge in [-0.2, -0.15) is 0 Å². The largest absolute Gasteiger partial charge is 0.748 e. The second-order valence-corrected chi connectivity index (χ2v) is 15.3. The third-order valence-electron chi connectivity index (χ3n) is 7.55. The summed E-state index contributed by atoms with van der Waals surface area (Å²) < 4.78 is 34.6. The lowest BCUT2D eigenvalue weighted by Gasteiger charge is -2.31. The van der Waals surface area contributed by atoms with Gasteiger partial charge in [-0.15, -0.1) is 11.8 Å². The molecule has 0 radical (unpaired) electrons. The maximum absolute atomic E-state index is 13.5. The molecule has 12 heteroatoms. The first kappa shape index (κ1) is 37.8. The number of carboxylic acids is 1. The summed E-state index contributed by atoms with van der Waals surface area (Å²) in [4.78, 5) is 38.5. The van der Waals surface area contributed by atoms with E-state index in [1.807, 2.05) is 0 Å². The van der Waals surface area contributed by atoms with Gasteiger partial charge >= 0.3 is 0 Å². The van der Waals surface area contributed by atoms with Crippen molar-refractivity contribution in [2.45, 2.75) is 141 Å². The molecule has 0 bridgehead atoms. The van der Waals surface area contributed by atoms with Crippen molar-refractivity contribution in [3.63, 3.8) is 0 Å². The molecule has 41 heavy (non-hydrogen) atoms. The fourth-order valence-corrected chi connectivity index (χ4v) is 7.99. The molecular weight excluding hydrogens is 585 g/mol. The Morgan fingerprint density at radius 2 is 1.56 bits per heavy atom. The normalized spacial score (nSPS) is 16.9. The van der Waals surface area contributed by atoms with Gasteiger partial charge in [0.1, 0.15) is 0 Å². The molecule has 1 rings (SSSR count). The topological polar surface area (TPSA) is 156 Å². The molecule has 238 valence electrons. The number of rotatable bonds is 20. The standard InChI is InChI=1S/C29H52N2O7S3/c1-5-7-8-9-10-11-15-18-23(27(34)35)30-26(33)24(40-28(39)22-16-13-12-14-17-22)19-21(6-2)25(32)31-29(3,4)20-41(36,37)38/h21-24H,5-20H2,1-4H3,(H,30,33)(H,31,32)(H,34,35)(H,36,37,38)/p-2. The minimum Gasteiger partial charge on any atom is -0.748 e. The molecule has 9 nitrogen and oxygen atoms in total. The summed E-state index contributed by atoms with van der Waals surface area (Å²) in [6.07, 6.45) is 13.0. The van der Waals surface area contributed by atoms with Gasteiger partial charge in [-0.25, -0.2) is 8.42 Å². The summed E-state index contributed by atoms with van der Waals surface area (Å²) in [6.45, 7) is 6.85. The molecular formula is C29H50N2O7S3-2. The Labute approximate surface area is 256 Å². The smallest absolute Gasteiger partial charge is 0.234 e. The van der Waals surface area contributed by atoms with Gasteiger partial charge in [0, 0.05) is 17.4 Å². The van der Waals surface area contributed by atoms with E-state index in [0.717, 1.165) is 64.2 Å². The van der Waals surface area contributed by atoms with Gasteiger partial charge in [0.25, 0.3) is 0 Å². The number of unbranched alkanes of at least 4 members (excludes halogenated alkanes) is 6. The van der Waals surface area contributed by atoms with E-state index in [2.05, 4.69) is 17.6 Å². The molecule has 3 atom stereocenters. The fourth-order valence-electron chi connectivity index (χ4n) is 5.23. The second kappa shape index (κ2) is 19.1. The van der Waals surface area contributed by atoms with Crippen LogP contribution in [0.1, 0.15) is 124 Å². The Morgan fingerprint density at radius 3 is 2.10 bits per heavy atom. The van der Waals surface area contributed by atoms with E-state index in [9.17, 15) is 32.5 Å². The molecule has 1 aliphatic carbocycles. The fraction of sp³-hybridized carbons (Fsp3) is 0.862. The van der Waals surface area contributed by atoms with Gasteiger partial charge in [0.15, 0.2) is 0 Å². The van der Waals surface area contributed by atoms with Crippen LogP contribution in [0.3, 0.4) is 0 Å². The zero-order valence-electron chi connectivity index (χ0n) is 25.2. The number of carbonyl (C=O) groups excluding carboxylic acids is 3. The van der Waals surface area contributed by atoms with Crippen molar-refractivity contribution in [3.8, 4) is 0 Å². The van der Waals surface area contributed by atoms with Crippen molar-refractivity contribution in [2.75, 3.05) is 5.75 Å². The highest BCUT2D eigenvalue weighted by atomic mass is 32.2. The van der Waals surface area contributed by atoms with Crippen LogP contribution in [0.25, 0.3) is 0 Å². The SMILES string of the molecule is CCCCCCCCCC(NC(=O)C(CC(CC)C(=O)NC(C)(C)CS(=O)(=O)[O-])SC(=S)C1CCCCC1)C(=O)[O-]. The number of carboxylic acid groups (broad SMARTS) is 1. The first-order valence-corrected chi connectivity index (χ1v) is 18.0. The quantitative estimate of drug-likeness (QED) is 0.114. The summed E-state index contributed by atoms with van der Waals surface area (Å²) in [7, 11) is -4.57. The van der Waals surface area contributed by atoms with Crippen LogP contribution in [0.2, 0.25) is 0 Å². The molecule has 0 aromatic heterocycles.